The number of aromatic nitrogens is 1. The number of hydrogen-bond donors (Lipinski definition) is 2. The van der Waals surface area contributed by atoms with Crippen molar-refractivity contribution in [2.24, 2.45) is 0 Å². The van der Waals surface area contributed by atoms with Gasteiger partial charge in [0.05, 0.1) is 11.9 Å². The Morgan fingerprint density at radius 1 is 1.18 bits per heavy atom. The fourth-order valence-electron chi connectivity index (χ4n) is 2.11. The van der Waals surface area contributed by atoms with Gasteiger partial charge in [-0.05, 0) is 37.6 Å². The van der Waals surface area contributed by atoms with E-state index in [0.29, 0.717) is 11.3 Å². The number of benzene rings is 1. The zero-order valence-electron chi connectivity index (χ0n) is 12.7. The molecular formula is C17H19N3O2. The molecule has 2 amide bonds. The number of nitrogens with one attached hydrogen (secondary N) is 2. The molecule has 0 aliphatic carbocycles. The summed E-state index contributed by atoms with van der Waals surface area (Å²) in [5.74, 6) is -0.319. The van der Waals surface area contributed by atoms with Gasteiger partial charge < -0.3 is 10.6 Å². The maximum absolute atomic E-state index is 12.1. The van der Waals surface area contributed by atoms with E-state index in [2.05, 4.69) is 15.6 Å². The van der Waals surface area contributed by atoms with Crippen LogP contribution in [0.2, 0.25) is 0 Å². The Bertz CT molecular complexity index is 669. The summed E-state index contributed by atoms with van der Waals surface area (Å²) >= 11 is 0. The van der Waals surface area contributed by atoms with E-state index in [1.807, 2.05) is 26.0 Å². The molecular weight excluding hydrogens is 278 g/mol. The van der Waals surface area contributed by atoms with Crippen molar-refractivity contribution < 1.29 is 9.59 Å². The summed E-state index contributed by atoms with van der Waals surface area (Å²) in [4.78, 5) is 27.7. The van der Waals surface area contributed by atoms with Crippen LogP contribution in [0.25, 0.3) is 0 Å². The van der Waals surface area contributed by atoms with E-state index in [0.717, 1.165) is 11.1 Å². The summed E-state index contributed by atoms with van der Waals surface area (Å²) in [6.07, 6.45) is 3.43. The summed E-state index contributed by atoms with van der Waals surface area (Å²) in [5, 5.41) is 5.48. The van der Waals surface area contributed by atoms with E-state index in [1.54, 1.807) is 30.6 Å². The summed E-state index contributed by atoms with van der Waals surface area (Å²) < 4.78 is 0. The van der Waals surface area contributed by atoms with Crippen molar-refractivity contribution in [3.05, 3.63) is 59.4 Å². The molecule has 0 aliphatic heterocycles. The van der Waals surface area contributed by atoms with Gasteiger partial charge in [-0.25, -0.2) is 0 Å². The van der Waals surface area contributed by atoms with Crippen LogP contribution in [0.5, 0.6) is 0 Å². The molecule has 5 heteroatoms. The van der Waals surface area contributed by atoms with Crippen molar-refractivity contribution >= 4 is 17.5 Å². The Morgan fingerprint density at radius 3 is 2.68 bits per heavy atom. The van der Waals surface area contributed by atoms with E-state index in [9.17, 15) is 9.59 Å². The average Bonchev–Trinajstić information content (AvgIpc) is 2.48. The topological polar surface area (TPSA) is 71.1 Å². The van der Waals surface area contributed by atoms with Gasteiger partial charge in [-0.2, -0.15) is 0 Å². The minimum atomic E-state index is -0.160. The summed E-state index contributed by atoms with van der Waals surface area (Å²) in [7, 11) is 0. The lowest BCUT2D eigenvalue weighted by Gasteiger charge is -2.09. The Kier molecular flexibility index (Phi) is 5.25. The van der Waals surface area contributed by atoms with Crippen molar-refractivity contribution in [2.75, 3.05) is 11.9 Å². The molecule has 22 heavy (non-hydrogen) atoms. The molecule has 0 spiro atoms. The molecule has 0 unspecified atom stereocenters. The van der Waals surface area contributed by atoms with Crippen molar-refractivity contribution in [3.8, 4) is 0 Å². The number of hydrogen-bond acceptors (Lipinski definition) is 3. The van der Waals surface area contributed by atoms with Crippen LogP contribution in [0.4, 0.5) is 5.69 Å². The molecule has 0 saturated carbocycles. The number of anilines is 1. The zero-order valence-corrected chi connectivity index (χ0v) is 12.7. The fraction of sp³-hybridized carbons (Fsp3) is 0.235. The smallest absolute Gasteiger partial charge is 0.251 e. The lowest BCUT2D eigenvalue weighted by molar-refractivity contribution is -0.116. The third kappa shape index (κ3) is 4.41. The lowest BCUT2D eigenvalue weighted by Crippen LogP contribution is -2.28. The van der Waals surface area contributed by atoms with Gasteiger partial charge in [0, 0.05) is 24.7 Å². The van der Waals surface area contributed by atoms with Gasteiger partial charge in [0.25, 0.3) is 5.91 Å². The predicted molar refractivity (Wildman–Crippen MR) is 85.7 cm³/mol. The normalized spacial score (nSPS) is 10.1. The second kappa shape index (κ2) is 7.36. The highest BCUT2D eigenvalue weighted by Crippen LogP contribution is 2.10. The third-order valence-corrected chi connectivity index (χ3v) is 3.21. The predicted octanol–water partition coefficient (Wildman–Crippen LogP) is 2.46. The van der Waals surface area contributed by atoms with Gasteiger partial charge >= 0.3 is 0 Å². The minimum Gasteiger partial charge on any atom is -0.352 e. The molecule has 0 saturated heterocycles. The molecule has 0 aliphatic rings. The second-order valence-corrected chi connectivity index (χ2v) is 5.11. The van der Waals surface area contributed by atoms with E-state index in [1.165, 1.54) is 0 Å². The standard InChI is InChI=1S/C17H19N3O2/c1-12-5-6-15(13(2)10-12)17(22)19-9-7-16(21)20-14-4-3-8-18-11-14/h3-6,8,10-11H,7,9H2,1-2H3,(H,19,22)(H,20,21). The maximum Gasteiger partial charge on any atom is 0.251 e. The van der Waals surface area contributed by atoms with Crippen LogP contribution in [0.15, 0.2) is 42.7 Å². The molecule has 1 aromatic carbocycles. The van der Waals surface area contributed by atoms with Crippen molar-refractivity contribution in [1.29, 1.82) is 0 Å². The number of nitrogens with zero attached hydrogens (tertiary/aromatic N) is 1. The average molecular weight is 297 g/mol. The summed E-state index contributed by atoms with van der Waals surface area (Å²) in [5.41, 5.74) is 3.33. The van der Waals surface area contributed by atoms with Crippen molar-refractivity contribution in [3.63, 3.8) is 0 Å². The summed E-state index contributed by atoms with van der Waals surface area (Å²) in [6.45, 7) is 4.17. The quantitative estimate of drug-likeness (QED) is 0.890. The van der Waals surface area contributed by atoms with Gasteiger partial charge in [-0.15, -0.1) is 0 Å². The van der Waals surface area contributed by atoms with Crippen LogP contribution in [0.3, 0.4) is 0 Å². The molecule has 1 aromatic heterocycles. The van der Waals surface area contributed by atoms with Crippen LogP contribution in [0, 0.1) is 13.8 Å². The summed E-state index contributed by atoms with van der Waals surface area (Å²) in [6, 6.07) is 9.17. The molecule has 1 heterocycles. The van der Waals surface area contributed by atoms with Crippen LogP contribution < -0.4 is 10.6 Å². The maximum atomic E-state index is 12.1. The number of carbonyl (C=O) groups excluding carboxylic acids is 2. The first-order valence-corrected chi connectivity index (χ1v) is 7.11. The fourth-order valence-corrected chi connectivity index (χ4v) is 2.11. The van der Waals surface area contributed by atoms with Crippen LogP contribution in [0.1, 0.15) is 27.9 Å². The van der Waals surface area contributed by atoms with E-state index in [4.69, 9.17) is 0 Å². The second-order valence-electron chi connectivity index (χ2n) is 5.11. The van der Waals surface area contributed by atoms with Gasteiger partial charge in [-0.3, -0.25) is 14.6 Å². The van der Waals surface area contributed by atoms with Crippen LogP contribution in [-0.2, 0) is 4.79 Å². The van der Waals surface area contributed by atoms with E-state index in [-0.39, 0.29) is 24.8 Å². The number of rotatable bonds is 5. The van der Waals surface area contributed by atoms with Gasteiger partial charge in [-0.1, -0.05) is 17.7 Å². The molecule has 2 aromatic rings. The Hall–Kier alpha value is -2.69. The Balaban J connectivity index is 1.80. The van der Waals surface area contributed by atoms with E-state index >= 15 is 0 Å². The molecule has 0 fully saturated rings. The van der Waals surface area contributed by atoms with Crippen molar-refractivity contribution in [1.82, 2.24) is 10.3 Å². The van der Waals surface area contributed by atoms with Crippen LogP contribution >= 0.6 is 0 Å². The first-order valence-electron chi connectivity index (χ1n) is 7.11. The minimum absolute atomic E-state index is 0.158. The molecule has 114 valence electrons. The number of carbonyl (C=O) groups is 2. The third-order valence-electron chi connectivity index (χ3n) is 3.21. The largest absolute Gasteiger partial charge is 0.352 e. The Labute approximate surface area is 129 Å². The van der Waals surface area contributed by atoms with Gasteiger partial charge in [0.1, 0.15) is 0 Å². The van der Waals surface area contributed by atoms with E-state index < -0.39 is 0 Å². The highest BCUT2D eigenvalue weighted by Gasteiger charge is 2.09. The molecule has 2 N–H and O–H groups in total. The highest BCUT2D eigenvalue weighted by molar-refractivity contribution is 5.96. The lowest BCUT2D eigenvalue weighted by atomic mass is 10.1. The SMILES string of the molecule is Cc1ccc(C(=O)NCCC(=O)Nc2cccnc2)c(C)c1. The van der Waals surface area contributed by atoms with Gasteiger partial charge in [0.15, 0.2) is 0 Å². The molecule has 2 rings (SSSR count). The zero-order chi connectivity index (χ0) is 15.9. The Morgan fingerprint density at radius 2 is 2.00 bits per heavy atom. The molecule has 0 bridgehead atoms. The molecule has 0 atom stereocenters. The van der Waals surface area contributed by atoms with Gasteiger partial charge in [0.2, 0.25) is 5.91 Å². The van der Waals surface area contributed by atoms with Crippen molar-refractivity contribution in [2.45, 2.75) is 20.3 Å². The monoisotopic (exact) mass is 297 g/mol. The molecule has 0 radical (unpaired) electrons. The number of pyridine rings is 1. The first-order chi connectivity index (χ1) is 10.6. The van der Waals surface area contributed by atoms with Crippen LogP contribution in [-0.4, -0.2) is 23.3 Å². The highest BCUT2D eigenvalue weighted by atomic mass is 16.2. The first kappa shape index (κ1) is 15.7. The number of aryl methyl sites for hydroxylation is 2. The molecule has 5 nitrogen and oxygen atoms in total. The number of amides is 2.